The third-order valence-corrected chi connectivity index (χ3v) is 2.59. The molecule has 0 unspecified atom stereocenters. The molecule has 84 valence electrons. The molecule has 0 aliphatic rings. The predicted octanol–water partition coefficient (Wildman–Crippen LogP) is 2.35. The van der Waals surface area contributed by atoms with Crippen LogP contribution in [0.3, 0.4) is 0 Å². The fourth-order valence-corrected chi connectivity index (χ4v) is 1.73. The van der Waals surface area contributed by atoms with Gasteiger partial charge < -0.3 is 14.6 Å². The molecule has 3 heteroatoms. The molecule has 0 aliphatic heterocycles. The number of ether oxygens (including phenoxy) is 2. The predicted molar refractivity (Wildman–Crippen MR) is 63.0 cm³/mol. The van der Waals surface area contributed by atoms with Crippen molar-refractivity contribution in [1.29, 1.82) is 0 Å². The van der Waals surface area contributed by atoms with Gasteiger partial charge in [-0.25, -0.2) is 0 Å². The normalized spacial score (nSPS) is 10.4. The van der Waals surface area contributed by atoms with E-state index >= 15 is 0 Å². The van der Waals surface area contributed by atoms with Crippen LogP contribution in [0.4, 0.5) is 0 Å². The maximum absolute atomic E-state index is 9.10. The van der Waals surface area contributed by atoms with Crippen LogP contribution in [0.25, 0.3) is 10.8 Å². The van der Waals surface area contributed by atoms with Gasteiger partial charge >= 0.3 is 0 Å². The summed E-state index contributed by atoms with van der Waals surface area (Å²) in [5, 5.41) is 11.1. The van der Waals surface area contributed by atoms with Crippen molar-refractivity contribution in [2.24, 2.45) is 0 Å². The summed E-state index contributed by atoms with van der Waals surface area (Å²) in [7, 11) is 3.25. The molecule has 1 N–H and O–H groups in total. The van der Waals surface area contributed by atoms with Crippen LogP contribution >= 0.6 is 0 Å². The van der Waals surface area contributed by atoms with E-state index in [2.05, 4.69) is 0 Å². The summed E-state index contributed by atoms with van der Waals surface area (Å²) in [6, 6.07) is 9.54. The molecule has 0 aromatic heterocycles. The Balaban J connectivity index is 2.69. The molecule has 0 fully saturated rings. The molecule has 3 nitrogen and oxygen atoms in total. The zero-order valence-electron chi connectivity index (χ0n) is 9.36. The third-order valence-electron chi connectivity index (χ3n) is 2.59. The van der Waals surface area contributed by atoms with Crippen LogP contribution in [0.15, 0.2) is 30.3 Å². The van der Waals surface area contributed by atoms with Gasteiger partial charge in [-0.2, -0.15) is 0 Å². The Bertz CT molecular complexity index is 506. The van der Waals surface area contributed by atoms with E-state index in [-0.39, 0.29) is 6.61 Å². The first kappa shape index (κ1) is 10.8. The smallest absolute Gasteiger partial charge is 0.130 e. The summed E-state index contributed by atoms with van der Waals surface area (Å²) in [5.41, 5.74) is 0.871. The van der Waals surface area contributed by atoms with Crippen molar-refractivity contribution in [2.45, 2.75) is 6.61 Å². The van der Waals surface area contributed by atoms with Crippen molar-refractivity contribution in [2.75, 3.05) is 14.2 Å². The first-order chi connectivity index (χ1) is 7.78. The highest BCUT2D eigenvalue weighted by Gasteiger charge is 2.05. The van der Waals surface area contributed by atoms with Crippen LogP contribution in [0.2, 0.25) is 0 Å². The van der Waals surface area contributed by atoms with Crippen LogP contribution in [-0.2, 0) is 6.61 Å². The molecule has 2 rings (SSSR count). The average Bonchev–Trinajstić information content (AvgIpc) is 2.36. The van der Waals surface area contributed by atoms with E-state index in [4.69, 9.17) is 14.6 Å². The Hall–Kier alpha value is -1.74. The number of aliphatic hydroxyl groups excluding tert-OH is 1. The highest BCUT2D eigenvalue weighted by atomic mass is 16.5. The van der Waals surface area contributed by atoms with E-state index < -0.39 is 0 Å². The lowest BCUT2D eigenvalue weighted by atomic mass is 10.1. The molecule has 2 aromatic rings. The van der Waals surface area contributed by atoms with Gasteiger partial charge in [0.15, 0.2) is 0 Å². The minimum Gasteiger partial charge on any atom is -0.497 e. The second kappa shape index (κ2) is 4.41. The fourth-order valence-electron chi connectivity index (χ4n) is 1.73. The highest BCUT2D eigenvalue weighted by molar-refractivity contribution is 5.90. The first-order valence-corrected chi connectivity index (χ1v) is 5.04. The van der Waals surface area contributed by atoms with Gasteiger partial charge in [-0.15, -0.1) is 0 Å². The number of benzene rings is 2. The number of fused-ring (bicyclic) bond motifs is 1. The molecule has 0 heterocycles. The Labute approximate surface area is 94.2 Å². The summed E-state index contributed by atoms with van der Waals surface area (Å²) < 4.78 is 10.5. The summed E-state index contributed by atoms with van der Waals surface area (Å²) >= 11 is 0. The molecular formula is C13H14O3. The Kier molecular flexibility index (Phi) is 2.97. The average molecular weight is 218 g/mol. The minimum absolute atomic E-state index is 0.0329. The van der Waals surface area contributed by atoms with Crippen LogP contribution in [0.5, 0.6) is 11.5 Å². The first-order valence-electron chi connectivity index (χ1n) is 5.04. The monoisotopic (exact) mass is 218 g/mol. The molecule has 0 radical (unpaired) electrons. The molecule has 0 aliphatic carbocycles. The Morgan fingerprint density at radius 3 is 2.50 bits per heavy atom. The van der Waals surface area contributed by atoms with Crippen LogP contribution in [0, 0.1) is 0 Å². The van der Waals surface area contributed by atoms with Crippen molar-refractivity contribution in [3.8, 4) is 11.5 Å². The van der Waals surface area contributed by atoms with Crippen LogP contribution < -0.4 is 9.47 Å². The maximum Gasteiger partial charge on any atom is 0.130 e. The van der Waals surface area contributed by atoms with Gasteiger partial charge in [-0.05, 0) is 23.1 Å². The van der Waals surface area contributed by atoms with Crippen molar-refractivity contribution < 1.29 is 14.6 Å². The van der Waals surface area contributed by atoms with Gasteiger partial charge in [-0.1, -0.05) is 12.1 Å². The lowest BCUT2D eigenvalue weighted by Gasteiger charge is -2.09. The number of aliphatic hydroxyl groups is 1. The van der Waals surface area contributed by atoms with E-state index in [1.807, 2.05) is 30.3 Å². The summed E-state index contributed by atoms with van der Waals surface area (Å²) in [4.78, 5) is 0. The second-order valence-corrected chi connectivity index (χ2v) is 3.54. The summed E-state index contributed by atoms with van der Waals surface area (Å²) in [6.45, 7) is 0.0329. The van der Waals surface area contributed by atoms with E-state index in [1.165, 1.54) is 0 Å². The van der Waals surface area contributed by atoms with E-state index in [1.54, 1.807) is 14.2 Å². The highest BCUT2D eigenvalue weighted by Crippen LogP contribution is 2.31. The zero-order valence-corrected chi connectivity index (χ0v) is 9.36. The summed E-state index contributed by atoms with van der Waals surface area (Å²) in [6.07, 6.45) is 0. The lowest BCUT2D eigenvalue weighted by Crippen LogP contribution is -1.90. The maximum atomic E-state index is 9.10. The minimum atomic E-state index is 0.0329. The topological polar surface area (TPSA) is 38.7 Å². The number of hydrogen-bond acceptors (Lipinski definition) is 3. The number of methoxy groups -OCH3 is 2. The van der Waals surface area contributed by atoms with Crippen molar-refractivity contribution in [1.82, 2.24) is 0 Å². The standard InChI is InChI=1S/C13H14O3/c1-15-11-6-10-4-3-9(8-14)5-12(10)13(7-11)16-2/h3-7,14H,8H2,1-2H3. The van der Waals surface area contributed by atoms with Gasteiger partial charge in [0, 0.05) is 11.5 Å². The van der Waals surface area contributed by atoms with E-state index in [0.29, 0.717) is 0 Å². The van der Waals surface area contributed by atoms with E-state index in [9.17, 15) is 0 Å². The van der Waals surface area contributed by atoms with Crippen molar-refractivity contribution >= 4 is 10.8 Å². The quantitative estimate of drug-likeness (QED) is 0.859. The van der Waals surface area contributed by atoms with Crippen LogP contribution in [0.1, 0.15) is 5.56 Å². The van der Waals surface area contributed by atoms with Gasteiger partial charge in [0.25, 0.3) is 0 Å². The largest absolute Gasteiger partial charge is 0.497 e. The molecule has 0 saturated heterocycles. The van der Waals surface area contributed by atoms with Gasteiger partial charge in [-0.3, -0.25) is 0 Å². The Morgan fingerprint density at radius 1 is 1.06 bits per heavy atom. The molecule has 16 heavy (non-hydrogen) atoms. The zero-order chi connectivity index (χ0) is 11.5. The van der Waals surface area contributed by atoms with Gasteiger partial charge in [0.05, 0.1) is 20.8 Å². The molecule has 0 atom stereocenters. The third kappa shape index (κ3) is 1.82. The summed E-state index contributed by atoms with van der Waals surface area (Å²) in [5.74, 6) is 1.52. The molecule has 0 amide bonds. The fraction of sp³-hybridized carbons (Fsp3) is 0.231. The molecule has 0 spiro atoms. The SMILES string of the molecule is COc1cc(OC)c2cc(CO)ccc2c1. The van der Waals surface area contributed by atoms with Gasteiger partial charge in [0.2, 0.25) is 0 Å². The van der Waals surface area contributed by atoms with Crippen molar-refractivity contribution in [3.05, 3.63) is 35.9 Å². The number of rotatable bonds is 3. The molecule has 2 aromatic carbocycles. The number of hydrogen-bond donors (Lipinski definition) is 1. The van der Waals surface area contributed by atoms with E-state index in [0.717, 1.165) is 27.8 Å². The second-order valence-electron chi connectivity index (χ2n) is 3.54. The van der Waals surface area contributed by atoms with Crippen LogP contribution in [-0.4, -0.2) is 19.3 Å². The Morgan fingerprint density at radius 2 is 1.88 bits per heavy atom. The van der Waals surface area contributed by atoms with Gasteiger partial charge in [0.1, 0.15) is 11.5 Å². The molecule has 0 bridgehead atoms. The molecular weight excluding hydrogens is 204 g/mol. The van der Waals surface area contributed by atoms with Crippen molar-refractivity contribution in [3.63, 3.8) is 0 Å². The molecule has 0 saturated carbocycles. The lowest BCUT2D eigenvalue weighted by molar-refractivity contribution is 0.282.